The number of nitrogens with two attached hydrogens (primary N) is 3. The third kappa shape index (κ3) is 13.9. The van der Waals surface area contributed by atoms with Crippen molar-refractivity contribution in [1.82, 2.24) is 26.6 Å². The summed E-state index contributed by atoms with van der Waals surface area (Å²) in [6.07, 6.45) is 1.01. The van der Waals surface area contributed by atoms with Crippen LogP contribution in [0, 0.1) is 10.8 Å². The Balaban J connectivity index is 2.24. The highest BCUT2D eigenvalue weighted by atomic mass is 16.4. The molecular formula is C30H44N10O6. The van der Waals surface area contributed by atoms with E-state index in [2.05, 4.69) is 26.6 Å². The second-order valence-corrected chi connectivity index (χ2v) is 10.7. The Morgan fingerprint density at radius 2 is 1.13 bits per heavy atom. The van der Waals surface area contributed by atoms with Crippen molar-refractivity contribution >= 4 is 35.6 Å². The Bertz CT molecular complexity index is 1330. The minimum atomic E-state index is -1.28. The van der Waals surface area contributed by atoms with E-state index >= 15 is 0 Å². The Morgan fingerprint density at radius 3 is 1.63 bits per heavy atom. The molecule has 15 N–H and O–H groups in total. The van der Waals surface area contributed by atoms with E-state index in [9.17, 15) is 29.4 Å². The number of carboxylic acids is 1. The van der Waals surface area contributed by atoms with Crippen molar-refractivity contribution in [2.24, 2.45) is 17.2 Å². The lowest BCUT2D eigenvalue weighted by Crippen LogP contribution is -2.58. The maximum Gasteiger partial charge on any atom is 0.326 e. The third-order valence-corrected chi connectivity index (χ3v) is 6.87. The molecule has 0 bridgehead atoms. The van der Waals surface area contributed by atoms with Gasteiger partial charge in [-0.2, -0.15) is 0 Å². The van der Waals surface area contributed by atoms with Crippen LogP contribution in [-0.4, -0.2) is 83.1 Å². The number of hydrogen-bond donors (Lipinski definition) is 12. The average molecular weight is 641 g/mol. The molecule has 250 valence electrons. The number of rotatable bonds is 19. The number of benzene rings is 2. The zero-order valence-corrected chi connectivity index (χ0v) is 25.4. The van der Waals surface area contributed by atoms with Gasteiger partial charge in [-0.15, -0.1) is 0 Å². The number of phenolic OH excluding ortho intramolecular Hbond substituents is 1. The highest BCUT2D eigenvalue weighted by Gasteiger charge is 2.30. The Morgan fingerprint density at radius 1 is 0.674 bits per heavy atom. The lowest BCUT2D eigenvalue weighted by Gasteiger charge is -2.25. The Hall–Kier alpha value is -5.38. The van der Waals surface area contributed by atoms with E-state index < -0.39 is 47.9 Å². The molecule has 3 amide bonds. The number of aliphatic carboxylic acids is 1. The molecule has 0 heterocycles. The highest BCUT2D eigenvalue weighted by Crippen LogP contribution is 2.13. The zero-order valence-electron chi connectivity index (χ0n) is 25.4. The van der Waals surface area contributed by atoms with Gasteiger partial charge in [0.05, 0.1) is 6.04 Å². The molecule has 0 radical (unpaired) electrons. The van der Waals surface area contributed by atoms with Crippen molar-refractivity contribution in [3.05, 3.63) is 65.7 Å². The van der Waals surface area contributed by atoms with Crippen LogP contribution < -0.4 is 43.8 Å². The normalized spacial score (nSPS) is 13.2. The maximum atomic E-state index is 13.7. The molecule has 0 unspecified atom stereocenters. The van der Waals surface area contributed by atoms with Crippen molar-refractivity contribution in [3.63, 3.8) is 0 Å². The van der Waals surface area contributed by atoms with Crippen LogP contribution in [-0.2, 0) is 32.0 Å². The fourth-order valence-electron chi connectivity index (χ4n) is 4.42. The monoisotopic (exact) mass is 640 g/mol. The van der Waals surface area contributed by atoms with Crippen LogP contribution in [0.4, 0.5) is 0 Å². The Kier molecular flexibility index (Phi) is 15.3. The van der Waals surface area contributed by atoms with Crippen LogP contribution in [0.25, 0.3) is 0 Å². The summed E-state index contributed by atoms with van der Waals surface area (Å²) >= 11 is 0. The summed E-state index contributed by atoms with van der Waals surface area (Å²) in [5.74, 6) is -3.80. The Labute approximate surface area is 266 Å². The molecule has 0 fully saturated rings. The summed E-state index contributed by atoms with van der Waals surface area (Å²) in [6.45, 7) is 0.557. The van der Waals surface area contributed by atoms with E-state index in [1.807, 2.05) is 0 Å². The third-order valence-electron chi connectivity index (χ3n) is 6.87. The van der Waals surface area contributed by atoms with Crippen LogP contribution in [0.1, 0.15) is 36.8 Å². The van der Waals surface area contributed by atoms with Gasteiger partial charge in [-0.05, 0) is 48.9 Å². The zero-order chi connectivity index (χ0) is 34.1. The first-order chi connectivity index (χ1) is 21.8. The van der Waals surface area contributed by atoms with Crippen LogP contribution in [0.5, 0.6) is 5.75 Å². The number of amides is 3. The molecule has 16 nitrogen and oxygen atoms in total. The largest absolute Gasteiger partial charge is 0.508 e. The standard InChI is InChI=1S/C30H44N10O6/c31-21(8-4-14-36-29(32)33)25(42)39-23(17-19-10-12-20(41)13-11-19)27(44)40-24(16-18-6-2-1-3-7-18)26(43)38-22(28(45)46)9-5-15-37-30(34)35/h1-3,6-7,10-13,21-24,41H,4-5,8-9,14-17,31H2,(H,38,43)(H,39,42)(H,40,44)(H,45,46)(H4,32,33,36)(H4,34,35,37)/t21-,22-,23-,24-/m0/s1. The van der Waals surface area contributed by atoms with Gasteiger partial charge in [0.15, 0.2) is 11.9 Å². The van der Waals surface area contributed by atoms with E-state index in [4.69, 9.17) is 28.0 Å². The van der Waals surface area contributed by atoms with Gasteiger partial charge in [-0.25, -0.2) is 4.79 Å². The summed E-state index contributed by atoms with van der Waals surface area (Å²) in [6, 6.07) is 10.2. The molecule has 0 aliphatic heterocycles. The van der Waals surface area contributed by atoms with Gasteiger partial charge < -0.3 is 54.0 Å². The molecule has 0 saturated heterocycles. The molecule has 0 aliphatic rings. The fraction of sp³-hybridized carbons (Fsp3) is 0.400. The van der Waals surface area contributed by atoms with Crippen LogP contribution in [0.2, 0.25) is 0 Å². The second-order valence-electron chi connectivity index (χ2n) is 10.7. The molecule has 0 aromatic heterocycles. The number of nitrogens with one attached hydrogen (secondary N) is 7. The van der Waals surface area contributed by atoms with Crippen molar-refractivity contribution in [2.75, 3.05) is 13.1 Å². The first kappa shape index (κ1) is 36.8. The van der Waals surface area contributed by atoms with E-state index in [1.165, 1.54) is 12.1 Å². The molecule has 0 aliphatic carbocycles. The summed E-state index contributed by atoms with van der Waals surface area (Å²) in [4.78, 5) is 52.1. The molecule has 4 atom stereocenters. The van der Waals surface area contributed by atoms with Gasteiger partial charge >= 0.3 is 5.97 Å². The number of hydrogen-bond acceptors (Lipinski definition) is 8. The van der Waals surface area contributed by atoms with E-state index in [-0.39, 0.29) is 49.9 Å². The lowest BCUT2D eigenvalue weighted by molar-refractivity contribution is -0.142. The number of phenols is 1. The second kappa shape index (κ2) is 19.1. The molecule has 16 heteroatoms. The van der Waals surface area contributed by atoms with Gasteiger partial charge in [0.1, 0.15) is 23.9 Å². The number of aromatic hydroxyl groups is 1. The first-order valence-electron chi connectivity index (χ1n) is 14.7. The van der Waals surface area contributed by atoms with Gasteiger partial charge in [0.25, 0.3) is 0 Å². The molecule has 2 aromatic carbocycles. The van der Waals surface area contributed by atoms with E-state index in [0.29, 0.717) is 30.5 Å². The number of carboxylic acid groups (broad SMARTS) is 1. The molecule has 0 saturated carbocycles. The molecular weight excluding hydrogens is 596 g/mol. The minimum absolute atomic E-state index is 0.00294. The predicted octanol–water partition coefficient (Wildman–Crippen LogP) is -1.43. The molecule has 0 spiro atoms. The summed E-state index contributed by atoms with van der Waals surface area (Å²) in [5.41, 5.74) is 17.9. The fourth-order valence-corrected chi connectivity index (χ4v) is 4.42. The smallest absolute Gasteiger partial charge is 0.326 e. The van der Waals surface area contributed by atoms with E-state index in [1.54, 1.807) is 42.5 Å². The first-order valence-corrected chi connectivity index (χ1v) is 14.7. The topological polar surface area (TPSA) is 295 Å². The van der Waals surface area contributed by atoms with Crippen molar-refractivity contribution in [1.29, 1.82) is 10.8 Å². The minimum Gasteiger partial charge on any atom is -0.508 e. The maximum absolute atomic E-state index is 13.7. The molecule has 2 aromatic rings. The van der Waals surface area contributed by atoms with Gasteiger partial charge in [0.2, 0.25) is 17.7 Å². The molecule has 46 heavy (non-hydrogen) atoms. The highest BCUT2D eigenvalue weighted by molar-refractivity contribution is 5.94. The summed E-state index contributed by atoms with van der Waals surface area (Å²) in [5, 5.41) is 46.9. The number of guanidine groups is 2. The van der Waals surface area contributed by atoms with Crippen LogP contribution in [0.15, 0.2) is 54.6 Å². The summed E-state index contributed by atoms with van der Waals surface area (Å²) in [7, 11) is 0. The van der Waals surface area contributed by atoms with E-state index in [0.717, 1.165) is 0 Å². The number of carbonyl (C=O) groups excluding carboxylic acids is 3. The lowest BCUT2D eigenvalue weighted by atomic mass is 10.0. The van der Waals surface area contributed by atoms with Crippen molar-refractivity contribution < 1.29 is 29.4 Å². The van der Waals surface area contributed by atoms with Crippen molar-refractivity contribution in [3.8, 4) is 5.75 Å². The van der Waals surface area contributed by atoms with Crippen LogP contribution >= 0.6 is 0 Å². The SMILES string of the molecule is N=C(N)NCCC[C@H](NC(=O)[C@H](Cc1ccccc1)NC(=O)[C@H](Cc1ccc(O)cc1)NC(=O)[C@@H](N)CCCNC(=N)N)C(=O)O. The molecule has 2 rings (SSSR count). The quantitative estimate of drug-likeness (QED) is 0.0480. The van der Waals surface area contributed by atoms with Crippen LogP contribution in [0.3, 0.4) is 0 Å². The van der Waals surface area contributed by atoms with Gasteiger partial charge in [0, 0.05) is 25.9 Å². The van der Waals surface area contributed by atoms with Crippen molar-refractivity contribution in [2.45, 2.75) is 62.7 Å². The average Bonchev–Trinajstić information content (AvgIpc) is 3.01. The predicted molar refractivity (Wildman–Crippen MR) is 172 cm³/mol. The summed E-state index contributed by atoms with van der Waals surface area (Å²) < 4.78 is 0. The van der Waals surface area contributed by atoms with Gasteiger partial charge in [-0.3, -0.25) is 25.2 Å². The van der Waals surface area contributed by atoms with Gasteiger partial charge in [-0.1, -0.05) is 42.5 Å². The number of carbonyl (C=O) groups is 4.